The summed E-state index contributed by atoms with van der Waals surface area (Å²) in [4.78, 5) is 46.6. The molecule has 186 valence electrons. The number of carbonyl (C=O) groups excluding carboxylic acids is 3. The smallest absolute Gasteiger partial charge is 0.268 e. The molecule has 0 spiro atoms. The second-order valence-electron chi connectivity index (χ2n) is 8.13. The fraction of sp³-hybridized carbons (Fsp3) is 0.115. The molecule has 37 heavy (non-hydrogen) atoms. The number of carbonyl (C=O) groups is 3. The van der Waals surface area contributed by atoms with E-state index in [9.17, 15) is 14.4 Å². The van der Waals surface area contributed by atoms with E-state index in [1.165, 1.54) is 17.7 Å². The molecule has 11 heteroatoms. The van der Waals surface area contributed by atoms with Gasteiger partial charge in [0.1, 0.15) is 0 Å². The van der Waals surface area contributed by atoms with Gasteiger partial charge in [-0.1, -0.05) is 30.3 Å². The van der Waals surface area contributed by atoms with Crippen molar-refractivity contribution >= 4 is 51.6 Å². The van der Waals surface area contributed by atoms with Crippen LogP contribution in [0.25, 0.3) is 21.7 Å². The number of hydrogen-bond donors (Lipinski definition) is 3. The molecule has 0 aliphatic heterocycles. The summed E-state index contributed by atoms with van der Waals surface area (Å²) < 4.78 is 7.03. The van der Waals surface area contributed by atoms with E-state index in [-0.39, 0.29) is 37.1 Å². The summed E-state index contributed by atoms with van der Waals surface area (Å²) in [5.74, 6) is 0.00294. The zero-order valence-electron chi connectivity index (χ0n) is 19.5. The number of thiophene rings is 1. The number of fused-ring (bicyclic) bond motifs is 1. The zero-order chi connectivity index (χ0) is 25.8. The van der Waals surface area contributed by atoms with E-state index in [2.05, 4.69) is 20.6 Å². The number of hydrogen-bond acceptors (Lipinski definition) is 8. The first-order chi connectivity index (χ1) is 18.0. The SMILES string of the molecule is NC(=O)CCn1c(NC(=O)c2ccc(-c3cnco3)s2)nc2cc(NCC(=O)c3ccccc3)ccc21. The van der Waals surface area contributed by atoms with Crippen LogP contribution in [0.2, 0.25) is 0 Å². The molecule has 2 amide bonds. The van der Waals surface area contributed by atoms with Crippen LogP contribution in [0.15, 0.2) is 77.7 Å². The van der Waals surface area contributed by atoms with Crippen molar-refractivity contribution in [3.8, 4) is 10.6 Å². The van der Waals surface area contributed by atoms with Crippen molar-refractivity contribution < 1.29 is 18.8 Å². The van der Waals surface area contributed by atoms with Gasteiger partial charge in [-0.25, -0.2) is 9.97 Å². The molecule has 0 unspecified atom stereocenters. The highest BCUT2D eigenvalue weighted by atomic mass is 32.1. The molecule has 3 heterocycles. The third kappa shape index (κ3) is 5.41. The largest absolute Gasteiger partial charge is 0.443 e. The number of aryl methyl sites for hydroxylation is 1. The van der Waals surface area contributed by atoms with Gasteiger partial charge in [-0.3, -0.25) is 19.7 Å². The van der Waals surface area contributed by atoms with Crippen molar-refractivity contribution in [2.45, 2.75) is 13.0 Å². The van der Waals surface area contributed by atoms with E-state index in [4.69, 9.17) is 10.2 Å². The third-order valence-corrected chi connectivity index (χ3v) is 6.71. The van der Waals surface area contributed by atoms with Crippen molar-refractivity contribution in [1.29, 1.82) is 0 Å². The number of nitrogens with two attached hydrogens (primary N) is 1. The summed E-state index contributed by atoms with van der Waals surface area (Å²) in [6, 6.07) is 17.9. The number of Topliss-reactive ketones (excluding diaryl/α,β-unsaturated/α-hetero) is 1. The van der Waals surface area contributed by atoms with E-state index in [0.29, 0.717) is 32.9 Å². The topological polar surface area (TPSA) is 145 Å². The van der Waals surface area contributed by atoms with Crippen LogP contribution >= 0.6 is 11.3 Å². The number of nitrogens with zero attached hydrogens (tertiary/aromatic N) is 3. The number of oxazole rings is 1. The highest BCUT2D eigenvalue weighted by Crippen LogP contribution is 2.29. The van der Waals surface area contributed by atoms with Crippen LogP contribution in [0, 0.1) is 0 Å². The van der Waals surface area contributed by atoms with Crippen LogP contribution in [0.1, 0.15) is 26.5 Å². The van der Waals surface area contributed by atoms with Gasteiger partial charge in [0.05, 0.1) is 33.5 Å². The number of ketones is 1. The molecule has 3 aromatic heterocycles. The van der Waals surface area contributed by atoms with Gasteiger partial charge in [-0.2, -0.15) is 0 Å². The van der Waals surface area contributed by atoms with Gasteiger partial charge < -0.3 is 20.0 Å². The second-order valence-corrected chi connectivity index (χ2v) is 9.22. The fourth-order valence-corrected chi connectivity index (χ4v) is 4.64. The van der Waals surface area contributed by atoms with E-state index in [0.717, 1.165) is 4.88 Å². The van der Waals surface area contributed by atoms with Crippen LogP contribution in [-0.2, 0) is 11.3 Å². The van der Waals surface area contributed by atoms with Gasteiger partial charge >= 0.3 is 0 Å². The lowest BCUT2D eigenvalue weighted by molar-refractivity contribution is -0.118. The third-order valence-electron chi connectivity index (χ3n) is 5.61. The van der Waals surface area contributed by atoms with Gasteiger partial charge in [0, 0.05) is 24.2 Å². The minimum Gasteiger partial charge on any atom is -0.443 e. The molecule has 5 aromatic rings. The number of benzene rings is 2. The van der Waals surface area contributed by atoms with Gasteiger partial charge in [-0.15, -0.1) is 11.3 Å². The molecule has 0 aliphatic rings. The Balaban J connectivity index is 1.37. The molecule has 5 rings (SSSR count). The van der Waals surface area contributed by atoms with Gasteiger partial charge in [-0.05, 0) is 30.3 Å². The van der Waals surface area contributed by atoms with E-state index in [1.54, 1.807) is 41.1 Å². The van der Waals surface area contributed by atoms with Crippen LogP contribution in [0.3, 0.4) is 0 Å². The standard InChI is InChI=1S/C26H22N6O4S/c27-24(34)10-11-32-19-7-6-17(29-13-20(33)16-4-2-1-3-5-16)12-18(19)30-26(32)31-25(35)23-9-8-22(37-23)21-14-28-15-36-21/h1-9,12,14-15,29H,10-11,13H2,(H2,27,34)(H,30,31,35). The molecule has 0 bridgehead atoms. The molecule has 0 aliphatic carbocycles. The first-order valence-corrected chi connectivity index (χ1v) is 12.2. The maximum Gasteiger partial charge on any atom is 0.268 e. The maximum atomic E-state index is 13.0. The lowest BCUT2D eigenvalue weighted by Crippen LogP contribution is -2.18. The summed E-state index contributed by atoms with van der Waals surface area (Å²) in [6.07, 6.45) is 2.99. The van der Waals surface area contributed by atoms with Crippen molar-refractivity contribution in [2.24, 2.45) is 5.73 Å². The van der Waals surface area contributed by atoms with Gasteiger partial charge in [0.2, 0.25) is 11.9 Å². The van der Waals surface area contributed by atoms with Crippen molar-refractivity contribution in [1.82, 2.24) is 14.5 Å². The Bertz CT molecular complexity index is 1570. The number of nitrogens with one attached hydrogen (secondary N) is 2. The van der Waals surface area contributed by atoms with Gasteiger partial charge in [0.15, 0.2) is 17.9 Å². The first-order valence-electron chi connectivity index (χ1n) is 11.4. The summed E-state index contributed by atoms with van der Waals surface area (Å²) in [5, 5.41) is 5.96. The zero-order valence-corrected chi connectivity index (χ0v) is 20.3. The molecular formula is C26H22N6O4S. The number of primary amides is 1. The fourth-order valence-electron chi connectivity index (χ4n) is 3.78. The van der Waals surface area contributed by atoms with Crippen LogP contribution in [0.5, 0.6) is 0 Å². The second kappa shape index (κ2) is 10.5. The van der Waals surface area contributed by atoms with E-state index >= 15 is 0 Å². The summed E-state index contributed by atoms with van der Waals surface area (Å²) in [6.45, 7) is 0.363. The maximum absolute atomic E-state index is 13.0. The number of aromatic nitrogens is 3. The molecular weight excluding hydrogens is 492 g/mol. The van der Waals surface area contributed by atoms with Crippen LogP contribution in [0.4, 0.5) is 11.6 Å². The molecule has 0 radical (unpaired) electrons. The van der Waals surface area contributed by atoms with E-state index in [1.807, 2.05) is 30.3 Å². The first kappa shape index (κ1) is 23.9. The van der Waals surface area contributed by atoms with Crippen LogP contribution < -0.4 is 16.4 Å². The molecule has 0 saturated carbocycles. The van der Waals surface area contributed by atoms with E-state index < -0.39 is 5.91 Å². The number of amides is 2. The Labute approximate surface area is 215 Å². The quantitative estimate of drug-likeness (QED) is 0.237. The Morgan fingerprint density at radius 1 is 1.05 bits per heavy atom. The molecule has 0 atom stereocenters. The summed E-state index contributed by atoms with van der Waals surface area (Å²) in [5.41, 5.74) is 7.99. The lowest BCUT2D eigenvalue weighted by atomic mass is 10.1. The summed E-state index contributed by atoms with van der Waals surface area (Å²) in [7, 11) is 0. The van der Waals surface area contributed by atoms with Crippen LogP contribution in [-0.4, -0.2) is 38.7 Å². The number of anilines is 2. The predicted octanol–water partition coefficient (Wildman–Crippen LogP) is 4.18. The molecule has 4 N–H and O–H groups in total. The number of imidazole rings is 1. The molecule has 0 fully saturated rings. The lowest BCUT2D eigenvalue weighted by Gasteiger charge is -2.09. The molecule has 0 saturated heterocycles. The summed E-state index contributed by atoms with van der Waals surface area (Å²) >= 11 is 1.26. The Kier molecular flexibility index (Phi) is 6.77. The predicted molar refractivity (Wildman–Crippen MR) is 141 cm³/mol. The average molecular weight is 515 g/mol. The minimum atomic E-state index is -0.466. The molecule has 2 aromatic carbocycles. The van der Waals surface area contributed by atoms with Crippen molar-refractivity contribution in [2.75, 3.05) is 17.2 Å². The average Bonchev–Trinajstić information content (AvgIpc) is 3.66. The molecule has 10 nitrogen and oxygen atoms in total. The Hall–Kier alpha value is -4.77. The highest BCUT2D eigenvalue weighted by Gasteiger charge is 2.18. The Morgan fingerprint density at radius 2 is 1.89 bits per heavy atom. The monoisotopic (exact) mass is 514 g/mol. The van der Waals surface area contributed by atoms with Crippen molar-refractivity contribution in [3.63, 3.8) is 0 Å². The minimum absolute atomic E-state index is 0.0405. The number of rotatable bonds is 10. The highest BCUT2D eigenvalue weighted by molar-refractivity contribution is 7.17. The Morgan fingerprint density at radius 3 is 2.65 bits per heavy atom. The van der Waals surface area contributed by atoms with Crippen molar-refractivity contribution in [3.05, 3.63) is 83.7 Å². The van der Waals surface area contributed by atoms with Gasteiger partial charge in [0.25, 0.3) is 5.91 Å². The normalized spacial score (nSPS) is 10.9.